The maximum absolute atomic E-state index is 5.29. The van der Waals surface area contributed by atoms with Crippen molar-refractivity contribution < 1.29 is 0 Å². The number of fused-ring (bicyclic) bond motifs is 7. The molecule has 0 amide bonds. The van der Waals surface area contributed by atoms with Crippen molar-refractivity contribution in [1.82, 2.24) is 19.1 Å². The molecule has 0 atom stereocenters. The second kappa shape index (κ2) is 12.1. The van der Waals surface area contributed by atoms with E-state index < -0.39 is 0 Å². The van der Waals surface area contributed by atoms with E-state index in [0.29, 0.717) is 0 Å². The summed E-state index contributed by atoms with van der Waals surface area (Å²) in [5.74, 6) is 0.860. The summed E-state index contributed by atoms with van der Waals surface area (Å²) >= 11 is 0. The molecule has 0 unspecified atom stereocenters. The summed E-state index contributed by atoms with van der Waals surface area (Å²) in [5, 5.41) is 6.03. The summed E-state index contributed by atoms with van der Waals surface area (Å²) in [6.45, 7) is 0. The lowest BCUT2D eigenvalue weighted by atomic mass is 10.0. The van der Waals surface area contributed by atoms with Gasteiger partial charge in [0.25, 0.3) is 0 Å². The van der Waals surface area contributed by atoms with Crippen LogP contribution in [-0.2, 0) is 0 Å². The summed E-state index contributed by atoms with van der Waals surface area (Å²) < 4.78 is 4.66. The van der Waals surface area contributed by atoms with Crippen LogP contribution in [0.15, 0.2) is 194 Å². The Kier molecular flexibility index (Phi) is 6.82. The molecule has 0 saturated heterocycles. The van der Waals surface area contributed by atoms with Crippen LogP contribution in [0.3, 0.4) is 0 Å². The Balaban J connectivity index is 1.09. The van der Waals surface area contributed by atoms with Crippen LogP contribution in [0.4, 0.5) is 0 Å². The molecule has 7 aromatic carbocycles. The van der Waals surface area contributed by atoms with E-state index in [4.69, 9.17) is 9.97 Å². The van der Waals surface area contributed by atoms with Gasteiger partial charge in [0.2, 0.25) is 0 Å². The Labute approximate surface area is 311 Å². The molecule has 0 saturated carbocycles. The molecule has 4 nitrogen and oxygen atoms in total. The third-order valence-electron chi connectivity index (χ3n) is 10.7. The molecule has 0 radical (unpaired) electrons. The van der Waals surface area contributed by atoms with Gasteiger partial charge in [-0.2, -0.15) is 0 Å². The SMILES string of the molecule is c1ccc(-c2cc(-c3ccccc3)nc(-n3c4ccc(-c5ccc6c(c5)c5ccccc5n6-c5ccc6ccccc6c5)cc4c4ncccc43)c2)cc1. The van der Waals surface area contributed by atoms with Crippen LogP contribution in [0, 0.1) is 0 Å². The Morgan fingerprint density at radius 3 is 1.81 bits per heavy atom. The molecular weight excluding hydrogens is 657 g/mol. The van der Waals surface area contributed by atoms with E-state index in [1.165, 1.54) is 38.1 Å². The topological polar surface area (TPSA) is 35.6 Å². The van der Waals surface area contributed by atoms with Gasteiger partial charge in [0, 0.05) is 33.6 Å². The van der Waals surface area contributed by atoms with Crippen molar-refractivity contribution >= 4 is 54.5 Å². The molecule has 0 aliphatic heterocycles. The van der Waals surface area contributed by atoms with Crippen molar-refractivity contribution in [3.63, 3.8) is 0 Å². The van der Waals surface area contributed by atoms with Crippen molar-refractivity contribution in [2.45, 2.75) is 0 Å². The van der Waals surface area contributed by atoms with Crippen LogP contribution in [0.1, 0.15) is 0 Å². The molecule has 4 aromatic heterocycles. The Morgan fingerprint density at radius 1 is 0.352 bits per heavy atom. The number of pyridine rings is 2. The number of hydrogen-bond acceptors (Lipinski definition) is 2. The molecule has 54 heavy (non-hydrogen) atoms. The van der Waals surface area contributed by atoms with Gasteiger partial charge in [-0.15, -0.1) is 0 Å². The molecule has 0 fully saturated rings. The van der Waals surface area contributed by atoms with Crippen LogP contribution < -0.4 is 0 Å². The van der Waals surface area contributed by atoms with Crippen molar-refractivity contribution in [3.05, 3.63) is 194 Å². The lowest BCUT2D eigenvalue weighted by Gasteiger charge is -2.13. The minimum atomic E-state index is 0.860. The highest BCUT2D eigenvalue weighted by atomic mass is 15.1. The second-order valence-electron chi connectivity index (χ2n) is 13.9. The molecule has 252 valence electrons. The standard InChI is InChI=1S/C50H32N4/c1-3-12-33(13-4-1)39-31-44(35-15-5-2-6-16-35)52-49(32-39)54-47-26-23-38(30-43(47)50-48(54)20-11-27-51-50)37-22-25-46-42(29-37)41-18-9-10-19-45(41)53(46)40-24-21-34-14-7-8-17-36(34)28-40/h1-32H. The first-order valence-corrected chi connectivity index (χ1v) is 18.3. The first-order valence-electron chi connectivity index (χ1n) is 18.3. The molecule has 11 aromatic rings. The highest BCUT2D eigenvalue weighted by molar-refractivity contribution is 6.12. The molecule has 4 heterocycles. The lowest BCUT2D eigenvalue weighted by molar-refractivity contribution is 1.08. The number of benzene rings is 7. The smallest absolute Gasteiger partial charge is 0.138 e. The average molecular weight is 689 g/mol. The van der Waals surface area contributed by atoms with Gasteiger partial charge in [-0.1, -0.05) is 121 Å². The Morgan fingerprint density at radius 2 is 1.00 bits per heavy atom. The van der Waals surface area contributed by atoms with Crippen LogP contribution >= 0.6 is 0 Å². The van der Waals surface area contributed by atoms with E-state index >= 15 is 0 Å². The van der Waals surface area contributed by atoms with Gasteiger partial charge in [0.15, 0.2) is 0 Å². The average Bonchev–Trinajstić information content (AvgIpc) is 3.76. The fourth-order valence-electron chi connectivity index (χ4n) is 8.19. The zero-order valence-electron chi connectivity index (χ0n) is 29.3. The molecule has 0 spiro atoms. The molecule has 0 bridgehead atoms. The van der Waals surface area contributed by atoms with E-state index in [1.807, 2.05) is 18.3 Å². The maximum Gasteiger partial charge on any atom is 0.138 e. The summed E-state index contributed by atoms with van der Waals surface area (Å²) in [5.41, 5.74) is 13.2. The van der Waals surface area contributed by atoms with E-state index in [-0.39, 0.29) is 0 Å². The van der Waals surface area contributed by atoms with Crippen molar-refractivity contribution in [2.75, 3.05) is 0 Å². The van der Waals surface area contributed by atoms with E-state index in [0.717, 1.165) is 61.4 Å². The van der Waals surface area contributed by atoms with Crippen LogP contribution in [0.5, 0.6) is 0 Å². The largest absolute Gasteiger partial charge is 0.309 e. The molecule has 0 N–H and O–H groups in total. The molecular formula is C50H32N4. The summed E-state index contributed by atoms with van der Waals surface area (Å²) in [6.07, 6.45) is 1.88. The van der Waals surface area contributed by atoms with Crippen molar-refractivity contribution in [3.8, 4) is 45.0 Å². The number of para-hydroxylation sites is 1. The third kappa shape index (κ3) is 4.85. The van der Waals surface area contributed by atoms with Crippen LogP contribution in [-0.4, -0.2) is 19.1 Å². The summed E-state index contributed by atoms with van der Waals surface area (Å²) in [7, 11) is 0. The fraction of sp³-hybridized carbons (Fsp3) is 0. The van der Waals surface area contributed by atoms with E-state index in [2.05, 4.69) is 185 Å². The quantitative estimate of drug-likeness (QED) is 0.180. The second-order valence-corrected chi connectivity index (χ2v) is 13.9. The fourth-order valence-corrected chi connectivity index (χ4v) is 8.19. The summed E-state index contributed by atoms with van der Waals surface area (Å²) in [4.78, 5) is 10.2. The number of hydrogen-bond donors (Lipinski definition) is 0. The van der Waals surface area contributed by atoms with Gasteiger partial charge in [-0.05, 0) is 99.8 Å². The normalized spacial score (nSPS) is 11.7. The van der Waals surface area contributed by atoms with Gasteiger partial charge in [0.1, 0.15) is 5.82 Å². The highest BCUT2D eigenvalue weighted by Crippen LogP contribution is 2.39. The third-order valence-corrected chi connectivity index (χ3v) is 10.7. The van der Waals surface area contributed by atoms with E-state index in [9.17, 15) is 0 Å². The van der Waals surface area contributed by atoms with Gasteiger partial charge in [-0.3, -0.25) is 9.55 Å². The van der Waals surface area contributed by atoms with E-state index in [1.54, 1.807) is 0 Å². The van der Waals surface area contributed by atoms with Crippen molar-refractivity contribution in [1.29, 1.82) is 0 Å². The predicted molar refractivity (Wildman–Crippen MR) is 225 cm³/mol. The predicted octanol–water partition coefficient (Wildman–Crippen LogP) is 12.8. The first-order chi connectivity index (χ1) is 26.8. The lowest BCUT2D eigenvalue weighted by Crippen LogP contribution is -2.00. The number of aromatic nitrogens is 4. The minimum Gasteiger partial charge on any atom is -0.309 e. The highest BCUT2D eigenvalue weighted by Gasteiger charge is 2.18. The summed E-state index contributed by atoms with van der Waals surface area (Å²) in [6, 6.07) is 67.1. The van der Waals surface area contributed by atoms with Crippen molar-refractivity contribution in [2.24, 2.45) is 0 Å². The molecule has 0 aliphatic carbocycles. The van der Waals surface area contributed by atoms with Gasteiger partial charge >= 0.3 is 0 Å². The van der Waals surface area contributed by atoms with Crippen LogP contribution in [0.2, 0.25) is 0 Å². The van der Waals surface area contributed by atoms with Gasteiger partial charge in [0.05, 0.1) is 33.3 Å². The monoisotopic (exact) mass is 688 g/mol. The first kappa shape index (κ1) is 30.3. The minimum absolute atomic E-state index is 0.860. The Bertz CT molecular complexity index is 3150. The number of rotatable bonds is 5. The zero-order valence-corrected chi connectivity index (χ0v) is 29.3. The van der Waals surface area contributed by atoms with Gasteiger partial charge in [-0.25, -0.2) is 4.98 Å². The molecule has 0 aliphatic rings. The van der Waals surface area contributed by atoms with Crippen LogP contribution in [0.25, 0.3) is 99.5 Å². The molecule has 4 heteroatoms. The van der Waals surface area contributed by atoms with Gasteiger partial charge < -0.3 is 4.57 Å². The molecule has 11 rings (SSSR count). The number of nitrogens with zero attached hydrogens (tertiary/aromatic N) is 4. The zero-order chi connectivity index (χ0) is 35.6. The maximum atomic E-state index is 5.29. The Hall–Kier alpha value is -7.30.